The van der Waals surface area contributed by atoms with Gasteiger partial charge in [-0.25, -0.2) is 0 Å². The molecule has 1 fully saturated rings. The molecule has 0 aliphatic carbocycles. The molecule has 3 aromatic rings. The average Bonchev–Trinajstić information content (AvgIpc) is 3.26. The molecule has 0 saturated carbocycles. The van der Waals surface area contributed by atoms with Gasteiger partial charge < -0.3 is 10.0 Å². The number of aromatic nitrogens is 1. The van der Waals surface area contributed by atoms with E-state index in [1.165, 1.54) is 0 Å². The largest absolute Gasteiger partial charge is 0.394 e. The van der Waals surface area contributed by atoms with Crippen LogP contribution in [0.1, 0.15) is 23.2 Å². The van der Waals surface area contributed by atoms with Gasteiger partial charge in [-0.3, -0.25) is 9.78 Å². The van der Waals surface area contributed by atoms with E-state index in [2.05, 4.69) is 4.98 Å². The van der Waals surface area contributed by atoms with Gasteiger partial charge in [0.25, 0.3) is 5.91 Å². The van der Waals surface area contributed by atoms with Crippen molar-refractivity contribution < 1.29 is 9.90 Å². The van der Waals surface area contributed by atoms with E-state index in [9.17, 15) is 9.90 Å². The summed E-state index contributed by atoms with van der Waals surface area (Å²) in [7, 11) is 0. The monoisotopic (exact) mass is 338 g/mol. The number of thiophene rings is 1. The summed E-state index contributed by atoms with van der Waals surface area (Å²) in [4.78, 5) is 20.5. The van der Waals surface area contributed by atoms with Crippen molar-refractivity contribution in [3.63, 3.8) is 0 Å². The van der Waals surface area contributed by atoms with Gasteiger partial charge in [0.15, 0.2) is 0 Å². The first-order valence-corrected chi connectivity index (χ1v) is 8.96. The van der Waals surface area contributed by atoms with Crippen LogP contribution in [0.4, 0.5) is 0 Å². The molecule has 5 heteroatoms. The van der Waals surface area contributed by atoms with E-state index < -0.39 is 0 Å². The van der Waals surface area contributed by atoms with Crippen molar-refractivity contribution in [1.29, 1.82) is 0 Å². The topological polar surface area (TPSA) is 53.4 Å². The first-order chi connectivity index (χ1) is 11.8. The van der Waals surface area contributed by atoms with Gasteiger partial charge in [0, 0.05) is 17.6 Å². The standard InChI is InChI=1S/C19H18N2O2S/c22-12-14-8-5-11-21(14)19(23)16-17-15(9-4-10-20-17)24-18(16)13-6-2-1-3-7-13/h1-4,6-7,9-10,14,22H,5,8,11-12H2. The van der Waals surface area contributed by atoms with Crippen LogP contribution in [0.5, 0.6) is 0 Å². The van der Waals surface area contributed by atoms with Crippen molar-refractivity contribution in [2.24, 2.45) is 0 Å². The van der Waals surface area contributed by atoms with Gasteiger partial charge in [-0.05, 0) is 30.5 Å². The molecule has 3 heterocycles. The molecule has 1 aliphatic rings. The molecule has 0 bridgehead atoms. The molecule has 1 atom stereocenters. The third kappa shape index (κ3) is 2.50. The lowest BCUT2D eigenvalue weighted by molar-refractivity contribution is 0.0680. The maximum atomic E-state index is 13.3. The number of hydrogen-bond donors (Lipinski definition) is 1. The van der Waals surface area contributed by atoms with Crippen LogP contribution in [0.2, 0.25) is 0 Å². The molecule has 4 rings (SSSR count). The van der Waals surface area contributed by atoms with Gasteiger partial charge in [-0.1, -0.05) is 30.3 Å². The Labute approximate surface area is 144 Å². The van der Waals surface area contributed by atoms with E-state index in [1.54, 1.807) is 17.5 Å². The van der Waals surface area contributed by atoms with Gasteiger partial charge in [0.1, 0.15) is 0 Å². The van der Waals surface area contributed by atoms with Crippen LogP contribution in [0.25, 0.3) is 20.7 Å². The summed E-state index contributed by atoms with van der Waals surface area (Å²) in [6.45, 7) is 0.713. The fourth-order valence-electron chi connectivity index (χ4n) is 3.36. The number of fused-ring (bicyclic) bond motifs is 1. The predicted molar refractivity (Wildman–Crippen MR) is 96.2 cm³/mol. The van der Waals surface area contributed by atoms with Gasteiger partial charge >= 0.3 is 0 Å². The highest BCUT2D eigenvalue weighted by Crippen LogP contribution is 2.39. The number of carbonyl (C=O) groups excluding carboxylic acids is 1. The smallest absolute Gasteiger partial charge is 0.257 e. The molecule has 4 nitrogen and oxygen atoms in total. The molecule has 0 spiro atoms. The summed E-state index contributed by atoms with van der Waals surface area (Å²) in [6.07, 6.45) is 3.53. The van der Waals surface area contributed by atoms with E-state index in [1.807, 2.05) is 47.4 Å². The van der Waals surface area contributed by atoms with Crippen LogP contribution < -0.4 is 0 Å². The molecule has 1 aromatic carbocycles. The summed E-state index contributed by atoms with van der Waals surface area (Å²) in [5.74, 6) is -0.0182. The third-order valence-electron chi connectivity index (χ3n) is 4.55. The van der Waals surface area contributed by atoms with E-state index in [4.69, 9.17) is 0 Å². The van der Waals surface area contributed by atoms with Crippen LogP contribution >= 0.6 is 11.3 Å². The van der Waals surface area contributed by atoms with Crippen molar-refractivity contribution in [3.05, 3.63) is 54.2 Å². The summed E-state index contributed by atoms with van der Waals surface area (Å²) in [5.41, 5.74) is 2.46. The summed E-state index contributed by atoms with van der Waals surface area (Å²) < 4.78 is 1.01. The molecule has 1 N–H and O–H groups in total. The Balaban J connectivity index is 1.88. The van der Waals surface area contributed by atoms with E-state index in [0.717, 1.165) is 33.5 Å². The second kappa shape index (κ2) is 6.34. The van der Waals surface area contributed by atoms with E-state index in [-0.39, 0.29) is 18.6 Å². The maximum absolute atomic E-state index is 13.3. The van der Waals surface area contributed by atoms with Gasteiger partial charge in [-0.15, -0.1) is 11.3 Å². The molecule has 24 heavy (non-hydrogen) atoms. The van der Waals surface area contributed by atoms with Crippen LogP contribution in [-0.2, 0) is 0 Å². The van der Waals surface area contributed by atoms with Crippen molar-refractivity contribution in [2.75, 3.05) is 13.2 Å². The summed E-state index contributed by atoms with van der Waals surface area (Å²) in [6, 6.07) is 13.8. The number of amides is 1. The molecular weight excluding hydrogens is 320 g/mol. The lowest BCUT2D eigenvalue weighted by atomic mass is 10.1. The number of benzene rings is 1. The normalized spacial score (nSPS) is 17.5. The number of aliphatic hydroxyl groups is 1. The number of carbonyl (C=O) groups is 1. The first-order valence-electron chi connectivity index (χ1n) is 8.14. The zero-order valence-corrected chi connectivity index (χ0v) is 14.0. The minimum Gasteiger partial charge on any atom is -0.394 e. The number of hydrogen-bond acceptors (Lipinski definition) is 4. The van der Waals surface area contributed by atoms with Gasteiger partial charge in [0.2, 0.25) is 0 Å². The summed E-state index contributed by atoms with van der Waals surface area (Å²) >= 11 is 1.60. The fourth-order valence-corrected chi connectivity index (χ4v) is 4.51. The number of aliphatic hydroxyl groups excluding tert-OH is 1. The highest BCUT2D eigenvalue weighted by molar-refractivity contribution is 7.22. The molecular formula is C19H18N2O2S. The number of rotatable bonds is 3. The maximum Gasteiger partial charge on any atom is 0.257 e. The Kier molecular flexibility index (Phi) is 4.04. The number of nitrogens with zero attached hydrogens (tertiary/aromatic N) is 2. The minimum atomic E-state index is -0.0835. The Hall–Kier alpha value is -2.24. The van der Waals surface area contributed by atoms with Gasteiger partial charge in [-0.2, -0.15) is 0 Å². The van der Waals surface area contributed by atoms with Crippen LogP contribution in [-0.4, -0.2) is 40.1 Å². The Morgan fingerprint density at radius 3 is 2.88 bits per heavy atom. The quantitative estimate of drug-likeness (QED) is 0.794. The Bertz CT molecular complexity index is 875. The lowest BCUT2D eigenvalue weighted by Crippen LogP contribution is -2.37. The fraction of sp³-hybridized carbons (Fsp3) is 0.263. The third-order valence-corrected chi connectivity index (χ3v) is 5.74. The average molecular weight is 338 g/mol. The Morgan fingerprint density at radius 1 is 1.25 bits per heavy atom. The molecule has 1 amide bonds. The second-order valence-corrected chi connectivity index (χ2v) is 7.05. The zero-order chi connectivity index (χ0) is 16.5. The molecule has 1 aliphatic heterocycles. The highest BCUT2D eigenvalue weighted by Gasteiger charge is 2.32. The molecule has 1 saturated heterocycles. The van der Waals surface area contributed by atoms with Crippen LogP contribution in [0, 0.1) is 0 Å². The van der Waals surface area contributed by atoms with Gasteiger partial charge in [0.05, 0.1) is 28.4 Å². The number of likely N-dealkylation sites (tertiary alicyclic amines) is 1. The zero-order valence-electron chi connectivity index (χ0n) is 13.2. The molecule has 122 valence electrons. The van der Waals surface area contributed by atoms with Crippen molar-refractivity contribution in [3.8, 4) is 10.4 Å². The van der Waals surface area contributed by atoms with Crippen molar-refractivity contribution in [1.82, 2.24) is 9.88 Å². The minimum absolute atomic E-state index is 0.0158. The lowest BCUT2D eigenvalue weighted by Gasteiger charge is -2.23. The van der Waals surface area contributed by atoms with E-state index >= 15 is 0 Å². The first kappa shape index (κ1) is 15.3. The molecule has 2 aromatic heterocycles. The van der Waals surface area contributed by atoms with Crippen molar-refractivity contribution >= 4 is 27.5 Å². The van der Waals surface area contributed by atoms with Crippen LogP contribution in [0.3, 0.4) is 0 Å². The SMILES string of the molecule is O=C(c1c(-c2ccccc2)sc2cccnc12)N1CCCC1CO. The second-order valence-electron chi connectivity index (χ2n) is 6.00. The van der Waals surface area contributed by atoms with E-state index in [0.29, 0.717) is 12.1 Å². The highest BCUT2D eigenvalue weighted by atomic mass is 32.1. The molecule has 0 radical (unpaired) electrons. The Morgan fingerprint density at radius 2 is 2.08 bits per heavy atom. The van der Waals surface area contributed by atoms with Crippen molar-refractivity contribution in [2.45, 2.75) is 18.9 Å². The van der Waals surface area contributed by atoms with Crippen LogP contribution in [0.15, 0.2) is 48.7 Å². The summed E-state index contributed by atoms with van der Waals surface area (Å²) in [5, 5.41) is 9.58. The predicted octanol–water partition coefficient (Wildman–Crippen LogP) is 3.56. The molecule has 1 unspecified atom stereocenters. The number of pyridine rings is 1.